The van der Waals surface area contributed by atoms with Crippen LogP contribution in [-0.4, -0.2) is 62.4 Å². The smallest absolute Gasteiger partial charge is 0.261 e. The zero-order chi connectivity index (χ0) is 25.4. The topological polar surface area (TPSA) is 95.0 Å². The van der Waals surface area contributed by atoms with Crippen molar-refractivity contribution in [2.45, 2.75) is 45.6 Å². The van der Waals surface area contributed by atoms with E-state index < -0.39 is 0 Å². The van der Waals surface area contributed by atoms with E-state index in [1.165, 1.54) is 5.69 Å². The monoisotopic (exact) mass is 498 g/mol. The van der Waals surface area contributed by atoms with Gasteiger partial charge in [0.15, 0.2) is 0 Å². The number of rotatable bonds is 6. The molecule has 0 bridgehead atoms. The first-order valence-electron chi connectivity index (χ1n) is 13.4. The first-order valence-corrected chi connectivity index (χ1v) is 13.4. The van der Waals surface area contributed by atoms with Crippen LogP contribution in [0, 0.1) is 6.92 Å². The van der Waals surface area contributed by atoms with Crippen LogP contribution in [0.2, 0.25) is 0 Å². The summed E-state index contributed by atoms with van der Waals surface area (Å²) < 4.78 is 1.90. The molecule has 2 fully saturated rings. The number of hydrogen-bond acceptors (Lipinski definition) is 7. The van der Waals surface area contributed by atoms with Gasteiger partial charge >= 0.3 is 0 Å². The number of aromatic nitrogens is 5. The van der Waals surface area contributed by atoms with Crippen molar-refractivity contribution in [3.63, 3.8) is 0 Å². The van der Waals surface area contributed by atoms with Crippen molar-refractivity contribution in [1.82, 2.24) is 29.6 Å². The summed E-state index contributed by atoms with van der Waals surface area (Å²) in [5, 5.41) is 11.3. The number of pyridine rings is 1. The van der Waals surface area contributed by atoms with Crippen molar-refractivity contribution in [3.8, 4) is 11.3 Å². The molecule has 3 aromatic heterocycles. The second-order valence-corrected chi connectivity index (χ2v) is 10.1. The summed E-state index contributed by atoms with van der Waals surface area (Å²) >= 11 is 0. The Morgan fingerprint density at radius 1 is 1.03 bits per heavy atom. The Labute approximate surface area is 216 Å². The number of likely N-dealkylation sites (N-methyl/N-ethyl adjacent to an activating group) is 1. The molecule has 9 heteroatoms. The van der Waals surface area contributed by atoms with Crippen LogP contribution in [0.1, 0.15) is 44.3 Å². The van der Waals surface area contributed by atoms with E-state index in [4.69, 9.17) is 9.97 Å². The molecule has 0 radical (unpaired) electrons. The fraction of sp³-hybridized carbons (Fsp3) is 0.429. The highest BCUT2D eigenvalue weighted by atomic mass is 16.1. The lowest BCUT2D eigenvalue weighted by atomic mass is 10.1. The second-order valence-electron chi connectivity index (χ2n) is 10.1. The third-order valence-electron chi connectivity index (χ3n) is 7.87. The van der Waals surface area contributed by atoms with E-state index in [-0.39, 0.29) is 11.6 Å². The highest BCUT2D eigenvalue weighted by molar-refractivity contribution is 5.84. The zero-order valence-corrected chi connectivity index (χ0v) is 21.6. The van der Waals surface area contributed by atoms with Crippen LogP contribution in [0.5, 0.6) is 0 Å². The normalized spacial score (nSPS) is 17.1. The van der Waals surface area contributed by atoms with Gasteiger partial charge in [-0.15, -0.1) is 0 Å². The molecule has 1 saturated heterocycles. The van der Waals surface area contributed by atoms with E-state index in [9.17, 15) is 4.79 Å². The van der Waals surface area contributed by atoms with Crippen molar-refractivity contribution < 1.29 is 0 Å². The first kappa shape index (κ1) is 23.7. The van der Waals surface area contributed by atoms with Crippen LogP contribution in [-0.2, 0) is 0 Å². The molecule has 0 unspecified atom stereocenters. The van der Waals surface area contributed by atoms with Gasteiger partial charge in [-0.05, 0) is 62.7 Å². The fourth-order valence-corrected chi connectivity index (χ4v) is 5.71. The molecule has 0 amide bonds. The van der Waals surface area contributed by atoms with E-state index >= 15 is 0 Å². The number of piperazine rings is 1. The van der Waals surface area contributed by atoms with Crippen molar-refractivity contribution >= 4 is 28.4 Å². The van der Waals surface area contributed by atoms with Gasteiger partial charge in [-0.1, -0.05) is 19.8 Å². The van der Waals surface area contributed by atoms with Crippen LogP contribution < -0.4 is 15.8 Å². The largest absolute Gasteiger partial charge is 0.369 e. The van der Waals surface area contributed by atoms with Crippen LogP contribution in [0.25, 0.3) is 22.3 Å². The minimum atomic E-state index is -0.0276. The Bertz CT molecular complexity index is 1430. The maximum Gasteiger partial charge on any atom is 0.261 e. The van der Waals surface area contributed by atoms with Crippen molar-refractivity contribution in [2.75, 3.05) is 42.9 Å². The number of hydrogen-bond donors (Lipinski definition) is 2. The molecule has 37 heavy (non-hydrogen) atoms. The van der Waals surface area contributed by atoms with Gasteiger partial charge in [0, 0.05) is 55.2 Å². The molecule has 0 spiro atoms. The molecule has 1 saturated carbocycles. The van der Waals surface area contributed by atoms with Gasteiger partial charge in [0.2, 0.25) is 5.95 Å². The number of nitrogens with zero attached hydrogens (tertiary/aromatic N) is 6. The van der Waals surface area contributed by atoms with Crippen LogP contribution in [0.15, 0.2) is 47.4 Å². The van der Waals surface area contributed by atoms with Crippen LogP contribution in [0.4, 0.5) is 17.3 Å². The van der Waals surface area contributed by atoms with Crippen molar-refractivity contribution in [3.05, 3.63) is 58.6 Å². The molecule has 192 valence electrons. The molecule has 0 atom stereocenters. The van der Waals surface area contributed by atoms with E-state index in [0.29, 0.717) is 17.2 Å². The Morgan fingerprint density at radius 3 is 2.46 bits per heavy atom. The molecular weight excluding hydrogens is 464 g/mol. The van der Waals surface area contributed by atoms with E-state index in [0.717, 1.165) is 80.9 Å². The molecule has 4 aromatic rings. The van der Waals surface area contributed by atoms with Crippen molar-refractivity contribution in [2.24, 2.45) is 0 Å². The van der Waals surface area contributed by atoms with Crippen molar-refractivity contribution in [1.29, 1.82) is 0 Å². The summed E-state index contributed by atoms with van der Waals surface area (Å²) in [6.45, 7) is 9.62. The second kappa shape index (κ2) is 9.97. The Balaban J connectivity index is 1.33. The maximum absolute atomic E-state index is 13.7. The number of nitrogens with one attached hydrogen (secondary N) is 2. The summed E-state index contributed by atoms with van der Waals surface area (Å²) in [7, 11) is 0. The lowest BCUT2D eigenvalue weighted by molar-refractivity contribution is 0.271. The van der Waals surface area contributed by atoms with Gasteiger partial charge in [0.05, 0.1) is 17.0 Å². The number of fused-ring (bicyclic) bond motifs is 1. The molecule has 4 heterocycles. The number of H-pyrrole nitrogens is 1. The average molecular weight is 499 g/mol. The molecular formula is C28H34N8O. The quantitative estimate of drug-likeness (QED) is 0.404. The van der Waals surface area contributed by atoms with Gasteiger partial charge in [0.1, 0.15) is 5.65 Å². The third-order valence-corrected chi connectivity index (χ3v) is 7.87. The molecule has 1 aliphatic heterocycles. The minimum Gasteiger partial charge on any atom is -0.369 e. The molecule has 9 nitrogen and oxygen atoms in total. The minimum absolute atomic E-state index is 0.0276. The maximum atomic E-state index is 13.7. The summed E-state index contributed by atoms with van der Waals surface area (Å²) in [6, 6.07) is 12.4. The van der Waals surface area contributed by atoms with E-state index in [2.05, 4.69) is 56.5 Å². The predicted octanol–water partition coefficient (Wildman–Crippen LogP) is 4.49. The highest BCUT2D eigenvalue weighted by Gasteiger charge is 2.24. The lowest BCUT2D eigenvalue weighted by Crippen LogP contribution is -2.46. The average Bonchev–Trinajstić information content (AvgIpc) is 3.64. The predicted molar refractivity (Wildman–Crippen MR) is 148 cm³/mol. The van der Waals surface area contributed by atoms with Crippen LogP contribution >= 0.6 is 0 Å². The number of aryl methyl sites for hydroxylation is 1. The molecule has 2 N–H and O–H groups in total. The Hall–Kier alpha value is -3.72. The lowest BCUT2D eigenvalue weighted by Gasteiger charge is -2.35. The van der Waals surface area contributed by atoms with Crippen LogP contribution in [0.3, 0.4) is 0 Å². The molecule has 1 aliphatic carbocycles. The van der Waals surface area contributed by atoms with E-state index in [1.54, 1.807) is 6.20 Å². The third kappa shape index (κ3) is 4.59. The molecule has 1 aromatic carbocycles. The van der Waals surface area contributed by atoms with Gasteiger partial charge < -0.3 is 15.1 Å². The number of anilines is 3. The standard InChI is InChI=1S/C28H34N8O/c1-3-34-14-16-35(17-15-34)21-10-8-20(9-11-21)31-28-30-19(2)23-18-24(25-12-13-29-33-25)27(37)36(26(23)32-28)22-6-4-5-7-22/h8-13,18,22H,3-7,14-17H2,1-2H3,(H,29,33)(H,30,31,32). The highest BCUT2D eigenvalue weighted by Crippen LogP contribution is 2.33. The summed E-state index contributed by atoms with van der Waals surface area (Å²) in [4.78, 5) is 28.3. The Morgan fingerprint density at radius 2 is 1.78 bits per heavy atom. The number of aromatic amines is 1. The summed E-state index contributed by atoms with van der Waals surface area (Å²) in [6.07, 6.45) is 5.90. The Kier molecular flexibility index (Phi) is 6.38. The first-order chi connectivity index (χ1) is 18.1. The van der Waals surface area contributed by atoms with Gasteiger partial charge in [0.25, 0.3) is 5.56 Å². The molecule has 2 aliphatic rings. The SMILES string of the molecule is CCN1CCN(c2ccc(Nc3nc(C)c4cc(-c5ccn[nH]5)c(=O)n(C5CCCC5)c4n3)cc2)CC1. The van der Waals surface area contributed by atoms with Gasteiger partial charge in [-0.2, -0.15) is 10.1 Å². The fourth-order valence-electron chi connectivity index (χ4n) is 5.71. The van der Waals surface area contributed by atoms with E-state index in [1.807, 2.05) is 23.6 Å². The zero-order valence-electron chi connectivity index (χ0n) is 21.6. The van der Waals surface area contributed by atoms with Gasteiger partial charge in [-0.25, -0.2) is 4.98 Å². The summed E-state index contributed by atoms with van der Waals surface area (Å²) in [5.74, 6) is 0.509. The number of benzene rings is 1. The summed E-state index contributed by atoms with van der Waals surface area (Å²) in [5.41, 5.74) is 5.00. The molecule has 6 rings (SSSR count). The van der Waals surface area contributed by atoms with Gasteiger partial charge in [-0.3, -0.25) is 14.5 Å².